The van der Waals surface area contributed by atoms with E-state index in [4.69, 9.17) is 17.3 Å². The number of benzene rings is 1. The van der Waals surface area contributed by atoms with E-state index in [0.717, 1.165) is 12.0 Å². The molecule has 0 aliphatic rings. The van der Waals surface area contributed by atoms with Crippen LogP contribution in [0.25, 0.3) is 0 Å². The minimum absolute atomic E-state index is 0.216. The second-order valence-corrected chi connectivity index (χ2v) is 3.50. The molecule has 0 aliphatic heterocycles. The van der Waals surface area contributed by atoms with Crippen molar-refractivity contribution < 1.29 is 4.39 Å². The number of rotatable bonds is 3. The highest BCUT2D eigenvalue weighted by Crippen LogP contribution is 2.28. The molecule has 0 fully saturated rings. The molecule has 1 nitrogen and oxygen atoms in total. The van der Waals surface area contributed by atoms with Crippen LogP contribution in [0.2, 0.25) is 5.02 Å². The fourth-order valence-electron chi connectivity index (χ4n) is 1.31. The summed E-state index contributed by atoms with van der Waals surface area (Å²) < 4.78 is 13.0. The van der Waals surface area contributed by atoms with Gasteiger partial charge in [0, 0.05) is 0 Å². The van der Waals surface area contributed by atoms with Gasteiger partial charge in [-0.1, -0.05) is 30.7 Å². The molecule has 0 heterocycles. The van der Waals surface area contributed by atoms with Gasteiger partial charge >= 0.3 is 0 Å². The molecule has 72 valence electrons. The average molecular weight is 202 g/mol. The Morgan fingerprint density at radius 2 is 2.23 bits per heavy atom. The van der Waals surface area contributed by atoms with Crippen LogP contribution in [0, 0.1) is 5.82 Å². The monoisotopic (exact) mass is 201 g/mol. The highest BCUT2D eigenvalue weighted by molar-refractivity contribution is 6.31. The first kappa shape index (κ1) is 10.5. The molecule has 2 N–H and O–H groups in total. The third-order valence-corrected chi connectivity index (χ3v) is 2.51. The van der Waals surface area contributed by atoms with Crippen molar-refractivity contribution in [2.24, 2.45) is 5.73 Å². The molecule has 0 saturated carbocycles. The molecule has 1 unspecified atom stereocenters. The van der Waals surface area contributed by atoms with Crippen LogP contribution >= 0.6 is 11.6 Å². The van der Waals surface area contributed by atoms with Crippen molar-refractivity contribution in [3.05, 3.63) is 34.6 Å². The summed E-state index contributed by atoms with van der Waals surface area (Å²) in [7, 11) is 0. The maximum absolute atomic E-state index is 13.0. The SMILES string of the molecule is CC(CCN)c1cccc(F)c1Cl. The van der Waals surface area contributed by atoms with Crippen molar-refractivity contribution in [1.82, 2.24) is 0 Å². The lowest BCUT2D eigenvalue weighted by atomic mass is 9.98. The average Bonchev–Trinajstić information content (AvgIpc) is 2.10. The molecule has 3 heteroatoms. The number of halogens is 2. The molecule has 0 spiro atoms. The standard InChI is InChI=1S/C10H13ClFN/c1-7(5-6-13)8-3-2-4-9(12)10(8)11/h2-4,7H,5-6,13H2,1H3. The Bertz CT molecular complexity index is 288. The molecule has 1 aromatic rings. The fourth-order valence-corrected chi connectivity index (χ4v) is 1.62. The Kier molecular flexibility index (Phi) is 3.70. The second-order valence-electron chi connectivity index (χ2n) is 3.12. The van der Waals surface area contributed by atoms with Gasteiger partial charge in [0.05, 0.1) is 5.02 Å². The first-order valence-electron chi connectivity index (χ1n) is 4.30. The van der Waals surface area contributed by atoms with Crippen molar-refractivity contribution in [3.63, 3.8) is 0 Å². The predicted molar refractivity (Wildman–Crippen MR) is 53.5 cm³/mol. The quantitative estimate of drug-likeness (QED) is 0.800. The van der Waals surface area contributed by atoms with E-state index in [0.29, 0.717) is 6.54 Å². The molecular formula is C10H13ClFN. The van der Waals surface area contributed by atoms with Crippen LogP contribution in [-0.2, 0) is 0 Å². The van der Waals surface area contributed by atoms with Crippen molar-refractivity contribution in [2.45, 2.75) is 19.3 Å². The van der Waals surface area contributed by atoms with Gasteiger partial charge < -0.3 is 5.73 Å². The third-order valence-electron chi connectivity index (χ3n) is 2.11. The Labute approximate surface area is 82.7 Å². The maximum Gasteiger partial charge on any atom is 0.142 e. The summed E-state index contributed by atoms with van der Waals surface area (Å²) >= 11 is 5.81. The lowest BCUT2D eigenvalue weighted by Gasteiger charge is -2.12. The van der Waals surface area contributed by atoms with Crippen LogP contribution in [-0.4, -0.2) is 6.54 Å². The zero-order chi connectivity index (χ0) is 9.84. The predicted octanol–water partition coefficient (Wildman–Crippen LogP) is 2.93. The Hall–Kier alpha value is -0.600. The van der Waals surface area contributed by atoms with Crippen LogP contribution < -0.4 is 5.73 Å². The van der Waals surface area contributed by atoms with Crippen LogP contribution in [0.15, 0.2) is 18.2 Å². The Balaban J connectivity index is 2.93. The second kappa shape index (κ2) is 4.58. The normalized spacial score (nSPS) is 12.9. The molecule has 13 heavy (non-hydrogen) atoms. The van der Waals surface area contributed by atoms with E-state index >= 15 is 0 Å². The van der Waals surface area contributed by atoms with E-state index in [1.807, 2.05) is 13.0 Å². The fraction of sp³-hybridized carbons (Fsp3) is 0.400. The highest BCUT2D eigenvalue weighted by Gasteiger charge is 2.11. The smallest absolute Gasteiger partial charge is 0.142 e. The summed E-state index contributed by atoms with van der Waals surface area (Å²) in [5.41, 5.74) is 6.26. The summed E-state index contributed by atoms with van der Waals surface area (Å²) in [4.78, 5) is 0. The number of hydrogen-bond acceptors (Lipinski definition) is 1. The van der Waals surface area contributed by atoms with Crippen molar-refractivity contribution >= 4 is 11.6 Å². The molecule has 0 saturated heterocycles. The molecule has 1 aromatic carbocycles. The van der Waals surface area contributed by atoms with Gasteiger partial charge in [0.25, 0.3) is 0 Å². The van der Waals surface area contributed by atoms with E-state index in [1.54, 1.807) is 6.07 Å². The summed E-state index contributed by atoms with van der Waals surface area (Å²) in [5, 5.41) is 0.225. The van der Waals surface area contributed by atoms with Crippen LogP contribution in [0.3, 0.4) is 0 Å². The van der Waals surface area contributed by atoms with Gasteiger partial charge in [0.1, 0.15) is 5.82 Å². The van der Waals surface area contributed by atoms with E-state index in [-0.39, 0.29) is 16.8 Å². The summed E-state index contributed by atoms with van der Waals surface area (Å²) in [5.74, 6) is -0.142. The van der Waals surface area contributed by atoms with Gasteiger partial charge in [-0.2, -0.15) is 0 Å². The van der Waals surface area contributed by atoms with E-state index in [9.17, 15) is 4.39 Å². The van der Waals surface area contributed by atoms with Gasteiger partial charge in [0.15, 0.2) is 0 Å². The number of hydrogen-bond donors (Lipinski definition) is 1. The van der Waals surface area contributed by atoms with Crippen molar-refractivity contribution in [2.75, 3.05) is 6.54 Å². The van der Waals surface area contributed by atoms with Crippen LogP contribution in [0.5, 0.6) is 0 Å². The molecule has 0 bridgehead atoms. The van der Waals surface area contributed by atoms with Gasteiger partial charge in [-0.15, -0.1) is 0 Å². The first-order chi connectivity index (χ1) is 6.16. The van der Waals surface area contributed by atoms with E-state index in [1.165, 1.54) is 6.07 Å². The van der Waals surface area contributed by atoms with Crippen molar-refractivity contribution in [3.8, 4) is 0 Å². The summed E-state index contributed by atoms with van der Waals surface area (Å²) in [6, 6.07) is 4.87. The molecule has 0 aliphatic carbocycles. The minimum atomic E-state index is -0.358. The zero-order valence-corrected chi connectivity index (χ0v) is 8.31. The van der Waals surface area contributed by atoms with Gasteiger partial charge in [0.2, 0.25) is 0 Å². The Morgan fingerprint density at radius 3 is 2.85 bits per heavy atom. The minimum Gasteiger partial charge on any atom is -0.330 e. The Morgan fingerprint density at radius 1 is 1.54 bits per heavy atom. The highest BCUT2D eigenvalue weighted by atomic mass is 35.5. The summed E-state index contributed by atoms with van der Waals surface area (Å²) in [6.45, 7) is 2.58. The molecule has 0 amide bonds. The topological polar surface area (TPSA) is 26.0 Å². The van der Waals surface area contributed by atoms with Gasteiger partial charge in [-0.3, -0.25) is 0 Å². The van der Waals surface area contributed by atoms with Crippen LogP contribution in [0.1, 0.15) is 24.8 Å². The molecular weight excluding hydrogens is 189 g/mol. The molecule has 1 rings (SSSR count). The number of nitrogens with two attached hydrogens (primary N) is 1. The van der Waals surface area contributed by atoms with E-state index in [2.05, 4.69) is 0 Å². The molecule has 0 aromatic heterocycles. The van der Waals surface area contributed by atoms with E-state index < -0.39 is 0 Å². The van der Waals surface area contributed by atoms with Crippen LogP contribution in [0.4, 0.5) is 4.39 Å². The zero-order valence-electron chi connectivity index (χ0n) is 7.56. The maximum atomic E-state index is 13.0. The summed E-state index contributed by atoms with van der Waals surface area (Å²) in [6.07, 6.45) is 0.823. The third kappa shape index (κ3) is 2.42. The van der Waals surface area contributed by atoms with Gasteiger partial charge in [-0.05, 0) is 30.5 Å². The first-order valence-corrected chi connectivity index (χ1v) is 4.68. The lowest BCUT2D eigenvalue weighted by Crippen LogP contribution is -2.05. The van der Waals surface area contributed by atoms with Crippen molar-refractivity contribution in [1.29, 1.82) is 0 Å². The molecule has 0 radical (unpaired) electrons. The van der Waals surface area contributed by atoms with Gasteiger partial charge in [-0.25, -0.2) is 4.39 Å². The lowest BCUT2D eigenvalue weighted by molar-refractivity contribution is 0.617. The largest absolute Gasteiger partial charge is 0.330 e. The molecule has 1 atom stereocenters.